The molecule has 5 heteroatoms. The van der Waals surface area contributed by atoms with Crippen LogP contribution in [0.15, 0.2) is 16.7 Å². The molecule has 2 rings (SSSR count). The van der Waals surface area contributed by atoms with Gasteiger partial charge in [0.15, 0.2) is 0 Å². The molecular weight excluding hydrogens is 294 g/mol. The van der Waals surface area contributed by atoms with Crippen LogP contribution in [-0.4, -0.2) is 23.2 Å². The summed E-state index contributed by atoms with van der Waals surface area (Å²) in [6, 6.07) is 1.84. The van der Waals surface area contributed by atoms with Gasteiger partial charge in [0.2, 0.25) is 0 Å². The number of rotatable bonds is 4. The molecule has 0 aliphatic heterocycles. The molecule has 4 N–H and O–H groups in total. The van der Waals surface area contributed by atoms with E-state index in [4.69, 9.17) is 5.73 Å². The highest BCUT2D eigenvalue weighted by Gasteiger charge is 2.31. The van der Waals surface area contributed by atoms with E-state index in [-0.39, 0.29) is 12.0 Å². The molecule has 1 aromatic rings. The molecule has 1 saturated carbocycles. The van der Waals surface area contributed by atoms with Crippen LogP contribution in [0.3, 0.4) is 0 Å². The van der Waals surface area contributed by atoms with Gasteiger partial charge in [-0.15, -0.1) is 0 Å². The van der Waals surface area contributed by atoms with Crippen LogP contribution in [0, 0.1) is 5.41 Å². The van der Waals surface area contributed by atoms with Gasteiger partial charge in [-0.05, 0) is 34.8 Å². The first-order valence-electron chi connectivity index (χ1n) is 6.41. The van der Waals surface area contributed by atoms with Crippen LogP contribution in [0.5, 0.6) is 0 Å². The van der Waals surface area contributed by atoms with Crippen LogP contribution < -0.4 is 11.1 Å². The zero-order valence-corrected chi connectivity index (χ0v) is 12.0. The zero-order valence-electron chi connectivity index (χ0n) is 10.5. The fourth-order valence-electron chi connectivity index (χ4n) is 2.55. The van der Waals surface area contributed by atoms with E-state index < -0.39 is 0 Å². The van der Waals surface area contributed by atoms with Gasteiger partial charge in [-0.2, -0.15) is 0 Å². The largest absolute Gasteiger partial charge is 0.397 e. The Bertz CT molecular complexity index is 405. The third kappa shape index (κ3) is 3.14. The van der Waals surface area contributed by atoms with Crippen molar-refractivity contribution in [3.8, 4) is 0 Å². The zero-order chi connectivity index (χ0) is 13.0. The average Bonchev–Trinajstić information content (AvgIpc) is 2.39. The summed E-state index contributed by atoms with van der Waals surface area (Å²) in [4.78, 5) is 4.26. The highest BCUT2D eigenvalue weighted by atomic mass is 79.9. The van der Waals surface area contributed by atoms with Gasteiger partial charge in [0, 0.05) is 12.0 Å². The van der Waals surface area contributed by atoms with Crippen molar-refractivity contribution < 1.29 is 5.11 Å². The van der Waals surface area contributed by atoms with Crippen molar-refractivity contribution in [2.75, 3.05) is 24.2 Å². The summed E-state index contributed by atoms with van der Waals surface area (Å²) in [6.07, 6.45) is 7.51. The lowest BCUT2D eigenvalue weighted by Crippen LogP contribution is -2.35. The van der Waals surface area contributed by atoms with Crippen LogP contribution in [0.1, 0.15) is 32.1 Å². The molecule has 1 aliphatic rings. The molecule has 1 aliphatic carbocycles. The standard InChI is InChI=1S/C13H20BrN3O/c14-11-6-10(15)7-16-12(11)17-8-13(9-18)4-2-1-3-5-13/h6-7,18H,1-5,8-9,15H2,(H,16,17). The van der Waals surface area contributed by atoms with E-state index in [0.29, 0.717) is 5.69 Å². The summed E-state index contributed by atoms with van der Waals surface area (Å²) in [7, 11) is 0. The molecule has 0 saturated heterocycles. The van der Waals surface area contributed by atoms with Crippen LogP contribution >= 0.6 is 15.9 Å². The van der Waals surface area contributed by atoms with Crippen LogP contribution in [0.2, 0.25) is 0 Å². The maximum absolute atomic E-state index is 9.64. The fraction of sp³-hybridized carbons (Fsp3) is 0.615. The van der Waals surface area contributed by atoms with E-state index in [2.05, 4.69) is 26.2 Å². The summed E-state index contributed by atoms with van der Waals surface area (Å²) in [5.41, 5.74) is 6.31. The minimum atomic E-state index is 0.0146. The third-order valence-corrected chi connectivity index (χ3v) is 4.35. The molecule has 1 aromatic heterocycles. The topological polar surface area (TPSA) is 71.2 Å². The molecule has 0 amide bonds. The lowest BCUT2D eigenvalue weighted by Gasteiger charge is -2.35. The van der Waals surface area contributed by atoms with Crippen molar-refractivity contribution in [3.63, 3.8) is 0 Å². The number of hydrogen-bond acceptors (Lipinski definition) is 4. The predicted molar refractivity (Wildman–Crippen MR) is 77.4 cm³/mol. The second-order valence-corrected chi connectivity index (χ2v) is 6.03. The van der Waals surface area contributed by atoms with E-state index in [1.807, 2.05) is 6.07 Å². The van der Waals surface area contributed by atoms with Gasteiger partial charge in [0.05, 0.1) is 23.0 Å². The number of anilines is 2. The van der Waals surface area contributed by atoms with Crippen molar-refractivity contribution in [2.24, 2.45) is 5.41 Å². The molecule has 0 atom stereocenters. The van der Waals surface area contributed by atoms with Crippen LogP contribution in [-0.2, 0) is 0 Å². The number of aliphatic hydroxyl groups excluding tert-OH is 1. The first-order valence-corrected chi connectivity index (χ1v) is 7.20. The number of nitrogens with one attached hydrogen (secondary N) is 1. The van der Waals surface area contributed by atoms with Gasteiger partial charge >= 0.3 is 0 Å². The quantitative estimate of drug-likeness (QED) is 0.799. The summed E-state index contributed by atoms with van der Waals surface area (Å²) in [5.74, 6) is 0.794. The first kappa shape index (κ1) is 13.6. The minimum absolute atomic E-state index is 0.0146. The Balaban J connectivity index is 2.01. The van der Waals surface area contributed by atoms with Gasteiger partial charge in [-0.1, -0.05) is 19.3 Å². The number of hydrogen-bond donors (Lipinski definition) is 3. The number of aliphatic hydroxyl groups is 1. The van der Waals surface area contributed by atoms with Crippen molar-refractivity contribution in [1.29, 1.82) is 0 Å². The first-order chi connectivity index (χ1) is 8.65. The van der Waals surface area contributed by atoms with E-state index >= 15 is 0 Å². The number of nitrogens with zero attached hydrogens (tertiary/aromatic N) is 1. The molecule has 100 valence electrons. The smallest absolute Gasteiger partial charge is 0.140 e. The molecular formula is C13H20BrN3O. The molecule has 0 bridgehead atoms. The Morgan fingerprint density at radius 2 is 2.11 bits per heavy atom. The molecule has 1 heterocycles. The summed E-state index contributed by atoms with van der Waals surface area (Å²) in [5, 5.41) is 13.0. The minimum Gasteiger partial charge on any atom is -0.397 e. The van der Waals surface area contributed by atoms with E-state index in [9.17, 15) is 5.11 Å². The number of nitrogen functional groups attached to an aromatic ring is 1. The van der Waals surface area contributed by atoms with Gasteiger partial charge in [-0.3, -0.25) is 0 Å². The highest BCUT2D eigenvalue weighted by Crippen LogP contribution is 2.36. The van der Waals surface area contributed by atoms with Crippen molar-refractivity contribution in [1.82, 2.24) is 4.98 Å². The number of pyridine rings is 1. The van der Waals surface area contributed by atoms with Gasteiger partial charge in [0.25, 0.3) is 0 Å². The second-order valence-electron chi connectivity index (χ2n) is 5.17. The Morgan fingerprint density at radius 1 is 1.39 bits per heavy atom. The predicted octanol–water partition coefficient (Wildman–Crippen LogP) is 2.78. The molecule has 1 fully saturated rings. The SMILES string of the molecule is Nc1cnc(NCC2(CO)CCCCC2)c(Br)c1. The van der Waals surface area contributed by atoms with Crippen LogP contribution in [0.4, 0.5) is 11.5 Å². The monoisotopic (exact) mass is 313 g/mol. The summed E-state index contributed by atoms with van der Waals surface area (Å²) < 4.78 is 0.867. The normalized spacial score (nSPS) is 18.6. The molecule has 18 heavy (non-hydrogen) atoms. The number of halogens is 1. The summed E-state index contributed by atoms with van der Waals surface area (Å²) >= 11 is 3.44. The maximum Gasteiger partial charge on any atom is 0.140 e. The molecule has 0 radical (unpaired) electrons. The van der Waals surface area contributed by atoms with Crippen LogP contribution in [0.25, 0.3) is 0 Å². The van der Waals surface area contributed by atoms with Gasteiger partial charge in [-0.25, -0.2) is 4.98 Å². The lowest BCUT2D eigenvalue weighted by molar-refractivity contribution is 0.0943. The second kappa shape index (κ2) is 5.89. The van der Waals surface area contributed by atoms with Gasteiger partial charge < -0.3 is 16.2 Å². The van der Waals surface area contributed by atoms with Crippen molar-refractivity contribution >= 4 is 27.4 Å². The Kier molecular flexibility index (Phi) is 4.45. The molecule has 4 nitrogen and oxygen atoms in total. The number of aromatic nitrogens is 1. The van der Waals surface area contributed by atoms with E-state index in [0.717, 1.165) is 29.7 Å². The summed E-state index contributed by atoms with van der Waals surface area (Å²) in [6.45, 7) is 1.01. The van der Waals surface area contributed by atoms with E-state index in [1.165, 1.54) is 19.3 Å². The van der Waals surface area contributed by atoms with E-state index in [1.54, 1.807) is 6.20 Å². The number of nitrogens with two attached hydrogens (primary N) is 1. The Hall–Kier alpha value is -0.810. The Labute approximate surface area is 116 Å². The van der Waals surface area contributed by atoms with Crippen molar-refractivity contribution in [3.05, 3.63) is 16.7 Å². The van der Waals surface area contributed by atoms with Gasteiger partial charge in [0.1, 0.15) is 5.82 Å². The average molecular weight is 314 g/mol. The molecule has 0 spiro atoms. The Morgan fingerprint density at radius 3 is 2.72 bits per heavy atom. The maximum atomic E-state index is 9.64. The van der Waals surface area contributed by atoms with Crippen molar-refractivity contribution in [2.45, 2.75) is 32.1 Å². The fourth-order valence-corrected chi connectivity index (χ4v) is 3.05. The molecule has 0 unspecified atom stereocenters. The highest BCUT2D eigenvalue weighted by molar-refractivity contribution is 9.10. The lowest BCUT2D eigenvalue weighted by atomic mass is 9.74. The molecule has 0 aromatic carbocycles. The third-order valence-electron chi connectivity index (χ3n) is 3.74.